The number of aryl methyl sites for hydroxylation is 1. The molecule has 2 aromatic carbocycles. The van der Waals surface area contributed by atoms with Crippen molar-refractivity contribution in [3.8, 4) is 16.3 Å². The number of carbonyl (C=O) groups excluding carboxylic acids is 2. The predicted octanol–water partition coefficient (Wildman–Crippen LogP) is 4.27. The molecule has 0 unspecified atom stereocenters. The minimum absolute atomic E-state index is 0.202. The number of aromatic nitrogens is 1. The molecule has 3 rings (SSSR count). The van der Waals surface area contributed by atoms with Crippen molar-refractivity contribution in [2.75, 3.05) is 14.2 Å². The van der Waals surface area contributed by atoms with Crippen LogP contribution in [-0.4, -0.2) is 31.1 Å². The van der Waals surface area contributed by atoms with Crippen molar-refractivity contribution >= 4 is 23.3 Å². The van der Waals surface area contributed by atoms with E-state index in [0.717, 1.165) is 16.3 Å². The maximum Gasteiger partial charge on any atom is 0.338 e. The van der Waals surface area contributed by atoms with Gasteiger partial charge in [-0.1, -0.05) is 29.8 Å². The molecular weight excluding hydrogens is 378 g/mol. The van der Waals surface area contributed by atoms with Gasteiger partial charge in [-0.05, 0) is 25.1 Å². The third-order valence-electron chi connectivity index (χ3n) is 3.99. The number of benzene rings is 2. The first-order chi connectivity index (χ1) is 13.5. The maximum absolute atomic E-state index is 11.8. The summed E-state index contributed by atoms with van der Waals surface area (Å²) in [7, 11) is 2.55. The van der Waals surface area contributed by atoms with Crippen LogP contribution in [0.15, 0.2) is 47.8 Å². The summed E-state index contributed by atoms with van der Waals surface area (Å²) in [5, 5.41) is 2.82. The van der Waals surface area contributed by atoms with E-state index in [9.17, 15) is 9.59 Å². The van der Waals surface area contributed by atoms with Gasteiger partial charge < -0.3 is 14.2 Å². The Balaban J connectivity index is 1.77. The monoisotopic (exact) mass is 397 g/mol. The molecule has 0 aliphatic carbocycles. The van der Waals surface area contributed by atoms with Crippen LogP contribution in [0.1, 0.15) is 32.0 Å². The Kier molecular flexibility index (Phi) is 6.06. The van der Waals surface area contributed by atoms with Crippen LogP contribution in [0.3, 0.4) is 0 Å². The summed E-state index contributed by atoms with van der Waals surface area (Å²) in [5.74, 6) is -0.773. The van der Waals surface area contributed by atoms with Gasteiger partial charge >= 0.3 is 11.9 Å². The average molecular weight is 397 g/mol. The second kappa shape index (κ2) is 8.67. The second-order valence-corrected chi connectivity index (χ2v) is 6.89. The Labute approximate surface area is 166 Å². The van der Waals surface area contributed by atoms with Crippen LogP contribution in [0.5, 0.6) is 5.75 Å². The second-order valence-electron chi connectivity index (χ2n) is 6.03. The zero-order valence-corrected chi connectivity index (χ0v) is 16.5. The SMILES string of the molecule is COC(=O)c1cc(OCc2csc(-c3ccc(C)cc3)n2)cc(C(=O)OC)c1. The van der Waals surface area contributed by atoms with Gasteiger partial charge in [-0.15, -0.1) is 11.3 Å². The van der Waals surface area contributed by atoms with Crippen molar-refractivity contribution in [1.29, 1.82) is 0 Å². The first-order valence-electron chi connectivity index (χ1n) is 8.46. The molecule has 0 atom stereocenters. The molecule has 0 saturated carbocycles. The molecule has 0 spiro atoms. The molecule has 3 aromatic rings. The molecule has 0 amide bonds. The van der Waals surface area contributed by atoms with Gasteiger partial charge in [-0.2, -0.15) is 0 Å². The van der Waals surface area contributed by atoms with Crippen molar-refractivity contribution in [3.05, 3.63) is 70.2 Å². The van der Waals surface area contributed by atoms with Gasteiger partial charge in [0, 0.05) is 10.9 Å². The summed E-state index contributed by atoms with van der Waals surface area (Å²) in [6.07, 6.45) is 0. The minimum atomic E-state index is -0.564. The van der Waals surface area contributed by atoms with Crippen molar-refractivity contribution in [2.24, 2.45) is 0 Å². The Bertz CT molecular complexity index is 960. The van der Waals surface area contributed by atoms with Crippen LogP contribution >= 0.6 is 11.3 Å². The van der Waals surface area contributed by atoms with Crippen LogP contribution in [0.25, 0.3) is 10.6 Å². The summed E-state index contributed by atoms with van der Waals surface area (Å²) in [6.45, 7) is 2.24. The van der Waals surface area contributed by atoms with Crippen LogP contribution in [0.2, 0.25) is 0 Å². The van der Waals surface area contributed by atoms with Crippen molar-refractivity contribution < 1.29 is 23.8 Å². The fourth-order valence-electron chi connectivity index (χ4n) is 2.51. The van der Waals surface area contributed by atoms with Gasteiger partial charge in [0.15, 0.2) is 0 Å². The summed E-state index contributed by atoms with van der Waals surface area (Å²) in [5.41, 5.74) is 3.40. The number of thiazole rings is 1. The molecule has 0 radical (unpaired) electrons. The zero-order valence-electron chi connectivity index (χ0n) is 15.7. The van der Waals surface area contributed by atoms with Crippen LogP contribution in [0.4, 0.5) is 0 Å². The molecule has 0 aliphatic rings. The molecule has 1 aromatic heterocycles. The zero-order chi connectivity index (χ0) is 20.1. The number of hydrogen-bond donors (Lipinski definition) is 0. The molecule has 144 valence electrons. The highest BCUT2D eigenvalue weighted by molar-refractivity contribution is 7.13. The molecule has 7 heteroatoms. The molecule has 0 N–H and O–H groups in total. The van der Waals surface area contributed by atoms with E-state index in [1.807, 2.05) is 36.6 Å². The fourth-order valence-corrected chi connectivity index (χ4v) is 3.32. The quantitative estimate of drug-likeness (QED) is 0.578. The molecule has 6 nitrogen and oxygen atoms in total. The molecule has 0 fully saturated rings. The van der Waals surface area contributed by atoms with E-state index in [0.29, 0.717) is 5.75 Å². The molecule has 28 heavy (non-hydrogen) atoms. The number of carbonyl (C=O) groups is 2. The van der Waals surface area contributed by atoms with Crippen molar-refractivity contribution in [3.63, 3.8) is 0 Å². The molecular formula is C21H19NO5S. The van der Waals surface area contributed by atoms with E-state index in [1.54, 1.807) is 0 Å². The average Bonchev–Trinajstić information content (AvgIpc) is 3.20. The number of ether oxygens (including phenoxy) is 3. The Hall–Kier alpha value is -3.19. The van der Waals surface area contributed by atoms with Gasteiger partial charge in [0.2, 0.25) is 0 Å². The third kappa shape index (κ3) is 4.55. The maximum atomic E-state index is 11.8. The normalized spacial score (nSPS) is 10.4. The highest BCUT2D eigenvalue weighted by Gasteiger charge is 2.15. The van der Waals surface area contributed by atoms with E-state index >= 15 is 0 Å². The smallest absolute Gasteiger partial charge is 0.338 e. The molecule has 1 heterocycles. The predicted molar refractivity (Wildman–Crippen MR) is 106 cm³/mol. The number of rotatable bonds is 6. The van der Waals surface area contributed by atoms with Crippen LogP contribution < -0.4 is 4.74 Å². The summed E-state index contributed by atoms with van der Waals surface area (Å²) in [4.78, 5) is 28.3. The van der Waals surface area contributed by atoms with Gasteiger partial charge in [0.1, 0.15) is 17.4 Å². The van der Waals surface area contributed by atoms with E-state index in [2.05, 4.69) is 4.98 Å². The lowest BCUT2D eigenvalue weighted by atomic mass is 10.1. The summed E-state index contributed by atoms with van der Waals surface area (Å²) in [6, 6.07) is 12.6. The first kappa shape index (κ1) is 19.6. The summed E-state index contributed by atoms with van der Waals surface area (Å²) >= 11 is 1.53. The van der Waals surface area contributed by atoms with E-state index < -0.39 is 11.9 Å². The molecule has 0 saturated heterocycles. The lowest BCUT2D eigenvalue weighted by Gasteiger charge is -2.09. The Morgan fingerprint density at radius 1 is 0.964 bits per heavy atom. The van der Waals surface area contributed by atoms with Gasteiger partial charge in [-0.3, -0.25) is 0 Å². The van der Waals surface area contributed by atoms with Crippen molar-refractivity contribution in [2.45, 2.75) is 13.5 Å². The van der Waals surface area contributed by atoms with Crippen molar-refractivity contribution in [1.82, 2.24) is 4.98 Å². The third-order valence-corrected chi connectivity index (χ3v) is 4.93. The number of esters is 2. The van der Waals surface area contributed by atoms with Crippen LogP contribution in [-0.2, 0) is 16.1 Å². The largest absolute Gasteiger partial charge is 0.487 e. The lowest BCUT2D eigenvalue weighted by molar-refractivity contribution is 0.0598. The highest BCUT2D eigenvalue weighted by Crippen LogP contribution is 2.25. The topological polar surface area (TPSA) is 74.7 Å². The standard InChI is InChI=1S/C21H19NO5S/c1-13-4-6-14(7-5-13)19-22-17(12-28-19)11-27-18-9-15(20(23)25-2)8-16(10-18)21(24)26-3/h4-10,12H,11H2,1-3H3. The minimum Gasteiger partial charge on any atom is -0.487 e. The number of hydrogen-bond acceptors (Lipinski definition) is 7. The van der Waals surface area contributed by atoms with Crippen LogP contribution in [0, 0.1) is 6.92 Å². The van der Waals surface area contributed by atoms with E-state index in [1.165, 1.54) is 49.3 Å². The van der Waals surface area contributed by atoms with Gasteiger partial charge in [0.25, 0.3) is 0 Å². The Morgan fingerprint density at radius 3 is 2.14 bits per heavy atom. The van der Waals surface area contributed by atoms with E-state index in [-0.39, 0.29) is 17.7 Å². The highest BCUT2D eigenvalue weighted by atomic mass is 32.1. The Morgan fingerprint density at radius 2 is 1.57 bits per heavy atom. The first-order valence-corrected chi connectivity index (χ1v) is 9.34. The van der Waals surface area contributed by atoms with Gasteiger partial charge in [0.05, 0.1) is 31.0 Å². The van der Waals surface area contributed by atoms with E-state index in [4.69, 9.17) is 14.2 Å². The fraction of sp³-hybridized carbons (Fsp3) is 0.190. The molecule has 0 aliphatic heterocycles. The number of nitrogens with zero attached hydrogens (tertiary/aromatic N) is 1. The van der Waals surface area contributed by atoms with Gasteiger partial charge in [-0.25, -0.2) is 14.6 Å². The molecule has 0 bridgehead atoms. The summed E-state index contributed by atoms with van der Waals surface area (Å²) < 4.78 is 15.2. The lowest BCUT2D eigenvalue weighted by Crippen LogP contribution is -2.08. The number of methoxy groups -OCH3 is 2.